The number of ketones is 2. The SMILES string of the molecule is C[C@]12CCC(=O)C=C1CC[C@@H]1[C@@H]2[C@@H](O)C[C@@]2(C)[C@H]1CC[C@]2(O)C(=O)COC(=O)CCC(=O)N[C@@H](C(=O)O)c1ccccc1. The second-order valence-corrected chi connectivity index (χ2v) is 13.3. The number of nitrogens with one attached hydrogen (secondary N) is 1. The van der Waals surface area contributed by atoms with Crippen LogP contribution in [0.15, 0.2) is 42.0 Å². The number of hydrogen-bond acceptors (Lipinski definition) is 8. The van der Waals surface area contributed by atoms with Crippen molar-refractivity contribution in [2.24, 2.45) is 28.6 Å². The third-order valence-electron chi connectivity index (χ3n) is 11.1. The first-order valence-electron chi connectivity index (χ1n) is 15.2. The number of benzene rings is 1. The Hall–Kier alpha value is -3.37. The quantitative estimate of drug-likeness (QED) is 0.314. The van der Waals surface area contributed by atoms with Gasteiger partial charge in [0.15, 0.2) is 18.4 Å². The first-order valence-corrected chi connectivity index (χ1v) is 15.2. The van der Waals surface area contributed by atoms with E-state index < -0.39 is 53.4 Å². The van der Waals surface area contributed by atoms with Crippen molar-refractivity contribution in [3.8, 4) is 0 Å². The molecule has 232 valence electrons. The van der Waals surface area contributed by atoms with E-state index in [-0.39, 0.29) is 54.6 Å². The minimum atomic E-state index is -1.77. The van der Waals surface area contributed by atoms with Gasteiger partial charge < -0.3 is 25.4 Å². The second-order valence-electron chi connectivity index (χ2n) is 13.3. The van der Waals surface area contributed by atoms with Crippen LogP contribution in [0.4, 0.5) is 0 Å². The highest BCUT2D eigenvalue weighted by Crippen LogP contribution is 2.67. The lowest BCUT2D eigenvalue weighted by Crippen LogP contribution is -2.62. The van der Waals surface area contributed by atoms with Crippen molar-refractivity contribution in [1.29, 1.82) is 0 Å². The summed E-state index contributed by atoms with van der Waals surface area (Å²) in [5.74, 6) is -3.16. The summed E-state index contributed by atoms with van der Waals surface area (Å²) in [6.45, 7) is 3.35. The number of esters is 1. The summed E-state index contributed by atoms with van der Waals surface area (Å²) in [5.41, 5.74) is -1.46. The molecule has 10 nitrogen and oxygen atoms in total. The van der Waals surface area contributed by atoms with Gasteiger partial charge in [-0.1, -0.05) is 49.8 Å². The fourth-order valence-electron chi connectivity index (χ4n) is 8.87. The van der Waals surface area contributed by atoms with Gasteiger partial charge >= 0.3 is 11.9 Å². The molecule has 4 N–H and O–H groups in total. The van der Waals surface area contributed by atoms with Crippen LogP contribution < -0.4 is 5.32 Å². The molecule has 0 unspecified atom stereocenters. The van der Waals surface area contributed by atoms with Crippen LogP contribution in [-0.2, 0) is 28.7 Å². The molecule has 1 aromatic carbocycles. The first kappa shape index (κ1) is 31.1. The van der Waals surface area contributed by atoms with Gasteiger partial charge in [-0.3, -0.25) is 19.2 Å². The van der Waals surface area contributed by atoms with Crippen molar-refractivity contribution < 1.29 is 44.0 Å². The third kappa shape index (κ3) is 5.44. The number of fused-ring (bicyclic) bond motifs is 5. The highest BCUT2D eigenvalue weighted by atomic mass is 16.5. The molecular weight excluding hydrogens is 554 g/mol. The van der Waals surface area contributed by atoms with Crippen LogP contribution >= 0.6 is 0 Å². The average molecular weight is 596 g/mol. The summed E-state index contributed by atoms with van der Waals surface area (Å²) in [6.07, 6.45) is 4.07. The van der Waals surface area contributed by atoms with Crippen molar-refractivity contribution in [3.05, 3.63) is 47.5 Å². The number of carboxylic acids is 1. The minimum absolute atomic E-state index is 0.00274. The van der Waals surface area contributed by atoms with E-state index in [0.29, 0.717) is 24.8 Å². The van der Waals surface area contributed by atoms with Gasteiger partial charge in [-0.15, -0.1) is 0 Å². The summed E-state index contributed by atoms with van der Waals surface area (Å²) in [5, 5.41) is 35.2. The number of Topliss-reactive ketones (excluding diaryl/α,β-unsaturated/α-hetero) is 1. The van der Waals surface area contributed by atoms with Gasteiger partial charge in [-0.05, 0) is 73.3 Å². The third-order valence-corrected chi connectivity index (χ3v) is 11.1. The molecule has 0 radical (unpaired) electrons. The molecular formula is C33H41NO9. The zero-order valence-corrected chi connectivity index (χ0v) is 24.7. The summed E-state index contributed by atoms with van der Waals surface area (Å²) in [4.78, 5) is 62.0. The Morgan fingerprint density at radius 2 is 1.77 bits per heavy atom. The number of carbonyl (C=O) groups is 5. The van der Waals surface area contributed by atoms with E-state index in [9.17, 15) is 39.3 Å². The zero-order chi connectivity index (χ0) is 31.2. The number of aliphatic hydroxyl groups excluding tert-OH is 1. The molecule has 3 saturated carbocycles. The number of carbonyl (C=O) groups excluding carboxylic acids is 4. The van der Waals surface area contributed by atoms with Crippen LogP contribution in [0.2, 0.25) is 0 Å². The zero-order valence-electron chi connectivity index (χ0n) is 24.7. The molecule has 8 atom stereocenters. The summed E-state index contributed by atoms with van der Waals surface area (Å²) < 4.78 is 5.18. The largest absolute Gasteiger partial charge is 0.479 e. The van der Waals surface area contributed by atoms with E-state index in [2.05, 4.69) is 12.2 Å². The smallest absolute Gasteiger partial charge is 0.330 e. The Bertz CT molecular complexity index is 1340. The highest BCUT2D eigenvalue weighted by Gasteiger charge is 2.68. The molecule has 43 heavy (non-hydrogen) atoms. The molecule has 0 bridgehead atoms. The van der Waals surface area contributed by atoms with Crippen LogP contribution in [0.3, 0.4) is 0 Å². The van der Waals surface area contributed by atoms with E-state index in [1.165, 1.54) is 0 Å². The Labute approximate surface area is 250 Å². The van der Waals surface area contributed by atoms with Crippen molar-refractivity contribution in [1.82, 2.24) is 5.32 Å². The van der Waals surface area contributed by atoms with E-state index in [4.69, 9.17) is 4.74 Å². The van der Waals surface area contributed by atoms with Crippen molar-refractivity contribution in [2.45, 2.75) is 89.4 Å². The van der Waals surface area contributed by atoms with Crippen molar-refractivity contribution in [3.63, 3.8) is 0 Å². The van der Waals surface area contributed by atoms with Gasteiger partial charge in [0.05, 0.1) is 12.5 Å². The van der Waals surface area contributed by atoms with Crippen LogP contribution in [0.1, 0.15) is 83.2 Å². The van der Waals surface area contributed by atoms with E-state index >= 15 is 0 Å². The highest BCUT2D eigenvalue weighted by molar-refractivity contribution is 5.92. The number of rotatable bonds is 9. The molecule has 4 aliphatic rings. The van der Waals surface area contributed by atoms with Crippen LogP contribution in [0.25, 0.3) is 0 Å². The van der Waals surface area contributed by atoms with Crippen molar-refractivity contribution >= 4 is 29.4 Å². The van der Waals surface area contributed by atoms with Gasteiger partial charge in [-0.25, -0.2) is 4.79 Å². The van der Waals surface area contributed by atoms with E-state index in [1.807, 2.05) is 6.92 Å². The lowest BCUT2D eigenvalue weighted by Gasteiger charge is -2.60. The maximum atomic E-state index is 13.4. The molecule has 3 fully saturated rings. The van der Waals surface area contributed by atoms with Crippen LogP contribution in [0.5, 0.6) is 0 Å². The van der Waals surface area contributed by atoms with Gasteiger partial charge in [0.1, 0.15) is 5.60 Å². The van der Waals surface area contributed by atoms with E-state index in [0.717, 1.165) is 18.4 Å². The summed E-state index contributed by atoms with van der Waals surface area (Å²) in [7, 11) is 0. The van der Waals surface area contributed by atoms with Gasteiger partial charge in [0.25, 0.3) is 0 Å². The van der Waals surface area contributed by atoms with E-state index in [1.54, 1.807) is 36.4 Å². The number of aliphatic hydroxyl groups is 2. The molecule has 0 spiro atoms. The molecule has 10 heteroatoms. The topological polar surface area (TPSA) is 167 Å². The molecule has 1 amide bonds. The molecule has 1 aromatic rings. The molecule has 5 rings (SSSR count). The van der Waals surface area contributed by atoms with Crippen LogP contribution in [-0.4, -0.2) is 63.0 Å². The fourth-order valence-corrected chi connectivity index (χ4v) is 8.87. The second kappa shape index (κ2) is 11.6. The van der Waals surface area contributed by atoms with Gasteiger partial charge in [0.2, 0.25) is 11.7 Å². The predicted octanol–water partition coefficient (Wildman–Crippen LogP) is 3.05. The Morgan fingerprint density at radius 3 is 2.47 bits per heavy atom. The molecule has 0 saturated heterocycles. The van der Waals surface area contributed by atoms with Gasteiger partial charge in [0, 0.05) is 18.3 Å². The average Bonchev–Trinajstić information content (AvgIpc) is 3.24. The molecule has 0 aliphatic heterocycles. The molecule has 0 aromatic heterocycles. The first-order chi connectivity index (χ1) is 20.3. The molecule has 4 aliphatic carbocycles. The Morgan fingerprint density at radius 1 is 1.05 bits per heavy atom. The van der Waals surface area contributed by atoms with Crippen LogP contribution in [0, 0.1) is 28.6 Å². The number of allylic oxidation sites excluding steroid dienone is 1. The lowest BCUT2D eigenvalue weighted by atomic mass is 9.45. The standard InChI is InChI=1S/C33H41NO9/c1-31-14-12-21(35)16-20(31)8-9-22-23-13-15-33(42,32(23,2)17-24(36)28(22)31)25(37)18-43-27(39)11-10-26(38)34-29(30(40)41)19-6-4-3-5-7-19/h3-7,16,22-24,28-29,36,42H,8-15,17-18H2,1-2H3,(H,34,38)(H,40,41)/t22-,23-,24-,28+,29+,31-,32-,33-/m0/s1. The number of aliphatic carboxylic acids is 1. The van der Waals surface area contributed by atoms with Gasteiger partial charge in [-0.2, -0.15) is 0 Å². The monoisotopic (exact) mass is 595 g/mol. The number of ether oxygens (including phenoxy) is 1. The maximum Gasteiger partial charge on any atom is 0.330 e. The number of carboxylic acid groups (broad SMARTS) is 1. The van der Waals surface area contributed by atoms with Crippen molar-refractivity contribution in [2.75, 3.05) is 6.61 Å². The molecule has 0 heterocycles. The fraction of sp³-hybridized carbons (Fsp3) is 0.606. The predicted molar refractivity (Wildman–Crippen MR) is 153 cm³/mol. The summed E-state index contributed by atoms with van der Waals surface area (Å²) in [6, 6.07) is 6.91. The summed E-state index contributed by atoms with van der Waals surface area (Å²) >= 11 is 0. The Kier molecular flexibility index (Phi) is 8.39. The number of hydrogen-bond donors (Lipinski definition) is 4. The minimum Gasteiger partial charge on any atom is -0.479 e. The Balaban J connectivity index is 1.18. The normalized spacial score (nSPS) is 35.4. The number of amides is 1. The maximum absolute atomic E-state index is 13.4. The lowest BCUT2D eigenvalue weighted by molar-refractivity contribution is -0.184.